The van der Waals surface area contributed by atoms with Gasteiger partial charge in [-0.1, -0.05) is 24.6 Å². The van der Waals surface area contributed by atoms with Gasteiger partial charge in [0.25, 0.3) is 0 Å². The van der Waals surface area contributed by atoms with Gasteiger partial charge in [0.05, 0.1) is 17.4 Å². The number of benzene rings is 1. The highest BCUT2D eigenvalue weighted by atomic mass is 16.2. The van der Waals surface area contributed by atoms with Gasteiger partial charge in [-0.15, -0.1) is 0 Å². The van der Waals surface area contributed by atoms with Crippen molar-refractivity contribution >= 4 is 5.91 Å². The summed E-state index contributed by atoms with van der Waals surface area (Å²) >= 11 is 0. The number of nitrogens with one attached hydrogen (secondary N) is 1. The molecule has 5 heteroatoms. The minimum Gasteiger partial charge on any atom is -0.340 e. The van der Waals surface area contributed by atoms with E-state index in [4.69, 9.17) is 5.10 Å². The SMILES string of the molecule is Cc1ccccc1-n1nc(C)c(CN(C)C(=O)C2CCCCN2)c1C. The molecule has 1 amide bonds. The minimum absolute atomic E-state index is 0.0363. The molecule has 25 heavy (non-hydrogen) atoms. The quantitative estimate of drug-likeness (QED) is 0.931. The van der Waals surface area contributed by atoms with Crippen LogP contribution >= 0.6 is 0 Å². The number of hydrogen-bond donors (Lipinski definition) is 1. The second-order valence-corrected chi connectivity index (χ2v) is 7.04. The van der Waals surface area contributed by atoms with E-state index < -0.39 is 0 Å². The number of rotatable bonds is 4. The Morgan fingerprint density at radius 3 is 2.72 bits per heavy atom. The van der Waals surface area contributed by atoms with E-state index in [0.29, 0.717) is 6.54 Å². The molecule has 134 valence electrons. The van der Waals surface area contributed by atoms with Gasteiger partial charge in [-0.3, -0.25) is 4.79 Å². The predicted octanol–water partition coefficient (Wildman–Crippen LogP) is 2.90. The first-order valence-electron chi connectivity index (χ1n) is 9.08. The van der Waals surface area contributed by atoms with Crippen molar-refractivity contribution in [2.75, 3.05) is 13.6 Å². The molecule has 1 aliphatic heterocycles. The predicted molar refractivity (Wildman–Crippen MR) is 99.9 cm³/mol. The normalized spacial score (nSPS) is 17.5. The number of carbonyl (C=O) groups excluding carboxylic acids is 1. The summed E-state index contributed by atoms with van der Waals surface area (Å²) in [5.74, 6) is 0.183. The number of hydrogen-bond acceptors (Lipinski definition) is 3. The molecule has 0 spiro atoms. The summed E-state index contributed by atoms with van der Waals surface area (Å²) in [4.78, 5) is 14.5. The topological polar surface area (TPSA) is 50.2 Å². The van der Waals surface area contributed by atoms with E-state index in [0.717, 1.165) is 48.4 Å². The Morgan fingerprint density at radius 1 is 1.28 bits per heavy atom. The van der Waals surface area contributed by atoms with E-state index in [2.05, 4.69) is 31.3 Å². The zero-order valence-corrected chi connectivity index (χ0v) is 15.7. The average Bonchev–Trinajstić information content (AvgIpc) is 2.90. The molecule has 2 heterocycles. The van der Waals surface area contributed by atoms with Gasteiger partial charge in [0.2, 0.25) is 5.91 Å². The molecule has 0 bridgehead atoms. The van der Waals surface area contributed by atoms with Crippen molar-refractivity contribution in [3.8, 4) is 5.69 Å². The Bertz CT molecular complexity index is 759. The lowest BCUT2D eigenvalue weighted by Crippen LogP contribution is -2.47. The number of likely N-dealkylation sites (N-methyl/N-ethyl adjacent to an activating group) is 1. The first kappa shape index (κ1) is 17.7. The van der Waals surface area contributed by atoms with Crippen molar-refractivity contribution in [2.24, 2.45) is 0 Å². The standard InChI is InChI=1S/C20H28N4O/c1-14-9-5-6-11-19(14)24-16(3)17(15(2)22-24)13-23(4)20(25)18-10-7-8-12-21-18/h5-6,9,11,18,21H,7-8,10,12-13H2,1-4H3. The van der Waals surface area contributed by atoms with Crippen LogP contribution in [-0.4, -0.2) is 40.2 Å². The smallest absolute Gasteiger partial charge is 0.239 e. The molecular formula is C20H28N4O. The van der Waals surface area contributed by atoms with Gasteiger partial charge in [0.15, 0.2) is 0 Å². The highest BCUT2D eigenvalue weighted by Crippen LogP contribution is 2.22. The molecule has 1 aliphatic rings. The largest absolute Gasteiger partial charge is 0.340 e. The Labute approximate surface area is 150 Å². The maximum Gasteiger partial charge on any atom is 0.239 e. The van der Waals surface area contributed by atoms with Crippen molar-refractivity contribution in [1.82, 2.24) is 20.0 Å². The van der Waals surface area contributed by atoms with Gasteiger partial charge in [0, 0.05) is 24.8 Å². The van der Waals surface area contributed by atoms with Crippen LogP contribution in [-0.2, 0) is 11.3 Å². The van der Waals surface area contributed by atoms with Crippen LogP contribution in [0.2, 0.25) is 0 Å². The van der Waals surface area contributed by atoms with Crippen LogP contribution in [0.15, 0.2) is 24.3 Å². The third-order valence-electron chi connectivity index (χ3n) is 5.16. The van der Waals surface area contributed by atoms with Gasteiger partial charge in [0.1, 0.15) is 0 Å². The van der Waals surface area contributed by atoms with Crippen LogP contribution in [0, 0.1) is 20.8 Å². The number of aryl methyl sites for hydroxylation is 2. The fourth-order valence-electron chi connectivity index (χ4n) is 3.58. The lowest BCUT2D eigenvalue weighted by Gasteiger charge is -2.27. The Morgan fingerprint density at radius 2 is 2.04 bits per heavy atom. The number of nitrogens with zero attached hydrogens (tertiary/aromatic N) is 3. The fourth-order valence-corrected chi connectivity index (χ4v) is 3.58. The average molecular weight is 340 g/mol. The second kappa shape index (κ2) is 7.40. The number of amides is 1. The number of piperidine rings is 1. The number of aromatic nitrogens is 2. The number of carbonyl (C=O) groups is 1. The molecular weight excluding hydrogens is 312 g/mol. The molecule has 1 fully saturated rings. The minimum atomic E-state index is -0.0363. The Kier molecular flexibility index (Phi) is 5.23. The van der Waals surface area contributed by atoms with Gasteiger partial charge in [-0.25, -0.2) is 4.68 Å². The Balaban J connectivity index is 1.81. The molecule has 1 atom stereocenters. The zero-order valence-electron chi connectivity index (χ0n) is 15.7. The summed E-state index contributed by atoms with van der Waals surface area (Å²) in [5, 5.41) is 8.07. The summed E-state index contributed by atoms with van der Waals surface area (Å²) < 4.78 is 2.00. The van der Waals surface area contributed by atoms with Crippen molar-refractivity contribution < 1.29 is 4.79 Å². The monoisotopic (exact) mass is 340 g/mol. The van der Waals surface area contributed by atoms with Crippen molar-refractivity contribution in [3.05, 3.63) is 46.8 Å². The molecule has 0 radical (unpaired) electrons. The molecule has 2 aromatic rings. The highest BCUT2D eigenvalue weighted by molar-refractivity contribution is 5.81. The van der Waals surface area contributed by atoms with Crippen LogP contribution in [0.3, 0.4) is 0 Å². The lowest BCUT2D eigenvalue weighted by atomic mass is 10.0. The van der Waals surface area contributed by atoms with E-state index >= 15 is 0 Å². The third-order valence-corrected chi connectivity index (χ3v) is 5.16. The first-order valence-corrected chi connectivity index (χ1v) is 9.08. The molecule has 1 saturated heterocycles. The summed E-state index contributed by atoms with van der Waals surface area (Å²) in [6.07, 6.45) is 3.22. The lowest BCUT2D eigenvalue weighted by molar-refractivity contribution is -0.133. The van der Waals surface area contributed by atoms with Gasteiger partial charge in [-0.05, 0) is 51.8 Å². The van der Waals surface area contributed by atoms with Gasteiger partial charge >= 0.3 is 0 Å². The molecule has 1 N–H and O–H groups in total. The molecule has 1 aromatic heterocycles. The van der Waals surface area contributed by atoms with Crippen molar-refractivity contribution in [1.29, 1.82) is 0 Å². The maximum atomic E-state index is 12.7. The van der Waals surface area contributed by atoms with Crippen LogP contribution in [0.4, 0.5) is 0 Å². The van der Waals surface area contributed by atoms with Crippen molar-refractivity contribution in [3.63, 3.8) is 0 Å². The van der Waals surface area contributed by atoms with E-state index in [-0.39, 0.29) is 11.9 Å². The zero-order chi connectivity index (χ0) is 18.0. The maximum absolute atomic E-state index is 12.7. The van der Waals surface area contributed by atoms with E-state index in [9.17, 15) is 4.79 Å². The summed E-state index contributed by atoms with van der Waals surface area (Å²) in [7, 11) is 1.89. The fraction of sp³-hybridized carbons (Fsp3) is 0.500. The molecule has 0 saturated carbocycles. The summed E-state index contributed by atoms with van der Waals surface area (Å²) in [5.41, 5.74) is 5.50. The molecule has 1 unspecified atom stereocenters. The second-order valence-electron chi connectivity index (χ2n) is 7.04. The van der Waals surface area contributed by atoms with Crippen molar-refractivity contribution in [2.45, 2.75) is 52.6 Å². The summed E-state index contributed by atoms with van der Waals surface area (Å²) in [6, 6.07) is 8.21. The molecule has 0 aliphatic carbocycles. The van der Waals surface area contributed by atoms with E-state index in [1.54, 1.807) is 0 Å². The van der Waals surface area contributed by atoms with Crippen LogP contribution in [0.1, 0.15) is 41.8 Å². The summed E-state index contributed by atoms with van der Waals surface area (Å²) in [6.45, 7) is 7.73. The van der Waals surface area contributed by atoms with Crippen LogP contribution in [0.25, 0.3) is 5.69 Å². The number of para-hydroxylation sites is 1. The van der Waals surface area contributed by atoms with E-state index in [1.807, 2.05) is 35.7 Å². The van der Waals surface area contributed by atoms with Gasteiger partial charge in [-0.2, -0.15) is 5.10 Å². The molecule has 1 aromatic carbocycles. The molecule has 3 rings (SSSR count). The first-order chi connectivity index (χ1) is 12.0. The Hall–Kier alpha value is -2.14. The third kappa shape index (κ3) is 3.61. The highest BCUT2D eigenvalue weighted by Gasteiger charge is 2.25. The van der Waals surface area contributed by atoms with Crippen LogP contribution < -0.4 is 5.32 Å². The molecule has 5 nitrogen and oxygen atoms in total. The van der Waals surface area contributed by atoms with E-state index in [1.165, 1.54) is 5.56 Å². The van der Waals surface area contributed by atoms with Gasteiger partial charge < -0.3 is 10.2 Å². The van der Waals surface area contributed by atoms with Crippen LogP contribution in [0.5, 0.6) is 0 Å².